The van der Waals surface area contributed by atoms with Gasteiger partial charge in [0.15, 0.2) is 6.04 Å². The first-order chi connectivity index (χ1) is 6.34. The van der Waals surface area contributed by atoms with Crippen molar-refractivity contribution in [3.8, 4) is 0 Å². The van der Waals surface area contributed by atoms with Gasteiger partial charge in [0.2, 0.25) is 0 Å². The molecule has 0 aromatic rings. The zero-order valence-corrected chi connectivity index (χ0v) is 7.69. The van der Waals surface area contributed by atoms with E-state index in [0.29, 0.717) is 6.61 Å². The van der Waals surface area contributed by atoms with E-state index in [1.165, 1.54) is 6.21 Å². The largest absolute Gasteiger partial charge is 0.464 e. The first kappa shape index (κ1) is 9.77. The van der Waals surface area contributed by atoms with Crippen molar-refractivity contribution in [3.05, 3.63) is 12.4 Å². The lowest BCUT2D eigenvalue weighted by atomic mass is 10.3. The number of nitrogens with zero attached hydrogens (tertiary/aromatic N) is 1. The van der Waals surface area contributed by atoms with E-state index in [2.05, 4.69) is 17.2 Å². The van der Waals surface area contributed by atoms with Gasteiger partial charge in [-0.2, -0.15) is 0 Å². The highest BCUT2D eigenvalue weighted by Crippen LogP contribution is 1.94. The highest BCUT2D eigenvalue weighted by atomic mass is 16.5. The average Bonchev–Trinajstić information content (AvgIpc) is 2.19. The molecule has 72 valence electrons. The second kappa shape index (κ2) is 5.35. The summed E-state index contributed by atoms with van der Waals surface area (Å²) in [7, 11) is 0. The SMILES string of the molecule is CCCCOC(=O)C1C=NC=CN1. The van der Waals surface area contributed by atoms with Gasteiger partial charge >= 0.3 is 5.97 Å². The van der Waals surface area contributed by atoms with Crippen molar-refractivity contribution in [2.45, 2.75) is 25.8 Å². The van der Waals surface area contributed by atoms with Crippen molar-refractivity contribution in [3.63, 3.8) is 0 Å². The Bertz CT molecular complexity index is 224. The summed E-state index contributed by atoms with van der Waals surface area (Å²) in [5.74, 6) is -0.262. The van der Waals surface area contributed by atoms with Crippen molar-refractivity contribution in [2.75, 3.05) is 6.61 Å². The van der Waals surface area contributed by atoms with Crippen LogP contribution in [-0.4, -0.2) is 24.8 Å². The molecule has 0 saturated heterocycles. The van der Waals surface area contributed by atoms with Crippen LogP contribution in [0.15, 0.2) is 17.4 Å². The average molecular weight is 182 g/mol. The molecule has 1 N–H and O–H groups in total. The lowest BCUT2D eigenvalue weighted by Crippen LogP contribution is -2.37. The number of esters is 1. The third-order valence-electron chi connectivity index (χ3n) is 1.67. The molecule has 1 heterocycles. The fourth-order valence-electron chi connectivity index (χ4n) is 0.904. The van der Waals surface area contributed by atoms with Crippen LogP contribution < -0.4 is 5.32 Å². The molecule has 0 aromatic heterocycles. The molecule has 0 radical (unpaired) electrons. The monoisotopic (exact) mass is 182 g/mol. The van der Waals surface area contributed by atoms with Gasteiger partial charge in [0.1, 0.15) is 0 Å². The van der Waals surface area contributed by atoms with E-state index >= 15 is 0 Å². The molecule has 0 bridgehead atoms. The minimum atomic E-state index is -0.415. The quantitative estimate of drug-likeness (QED) is 0.518. The minimum Gasteiger partial charge on any atom is -0.464 e. The van der Waals surface area contributed by atoms with Crippen molar-refractivity contribution in [2.24, 2.45) is 4.99 Å². The molecule has 4 heteroatoms. The third-order valence-corrected chi connectivity index (χ3v) is 1.67. The summed E-state index contributed by atoms with van der Waals surface area (Å²) in [6.07, 6.45) is 6.70. The van der Waals surface area contributed by atoms with Gasteiger partial charge in [-0.1, -0.05) is 13.3 Å². The highest BCUT2D eigenvalue weighted by molar-refractivity contribution is 5.94. The van der Waals surface area contributed by atoms with Gasteiger partial charge in [-0.25, -0.2) is 4.79 Å². The Balaban J connectivity index is 2.23. The second-order valence-electron chi connectivity index (χ2n) is 2.78. The fraction of sp³-hybridized carbons (Fsp3) is 0.556. The Hall–Kier alpha value is -1.32. The van der Waals surface area contributed by atoms with E-state index in [1.54, 1.807) is 12.4 Å². The Morgan fingerprint density at radius 2 is 2.54 bits per heavy atom. The van der Waals surface area contributed by atoms with Crippen molar-refractivity contribution in [1.29, 1.82) is 0 Å². The molecule has 0 spiro atoms. The van der Waals surface area contributed by atoms with Crippen molar-refractivity contribution < 1.29 is 9.53 Å². The lowest BCUT2D eigenvalue weighted by Gasteiger charge is -2.13. The molecule has 4 nitrogen and oxygen atoms in total. The number of aliphatic imine (C=N–C) groups is 1. The molecule has 1 atom stereocenters. The molecule has 0 saturated carbocycles. The van der Waals surface area contributed by atoms with Crippen LogP contribution in [0, 0.1) is 0 Å². The van der Waals surface area contributed by atoms with E-state index < -0.39 is 6.04 Å². The highest BCUT2D eigenvalue weighted by Gasteiger charge is 2.16. The summed E-state index contributed by atoms with van der Waals surface area (Å²) in [4.78, 5) is 15.1. The second-order valence-corrected chi connectivity index (χ2v) is 2.78. The molecule has 0 aliphatic carbocycles. The number of hydrogen-bond donors (Lipinski definition) is 1. The Labute approximate surface area is 77.7 Å². The maximum absolute atomic E-state index is 11.3. The van der Waals surface area contributed by atoms with Crippen LogP contribution in [0.5, 0.6) is 0 Å². The van der Waals surface area contributed by atoms with Gasteiger partial charge in [-0.15, -0.1) is 0 Å². The molecule has 0 amide bonds. The van der Waals surface area contributed by atoms with Gasteiger partial charge in [0, 0.05) is 18.6 Å². The summed E-state index contributed by atoms with van der Waals surface area (Å²) in [6.45, 7) is 2.54. The van der Waals surface area contributed by atoms with Crippen molar-refractivity contribution in [1.82, 2.24) is 5.32 Å². The summed E-state index contributed by atoms with van der Waals surface area (Å²) >= 11 is 0. The maximum atomic E-state index is 11.3. The Kier molecular flexibility index (Phi) is 4.02. The molecule has 1 aliphatic heterocycles. The minimum absolute atomic E-state index is 0.262. The van der Waals surface area contributed by atoms with Crippen LogP contribution in [-0.2, 0) is 9.53 Å². The Morgan fingerprint density at radius 3 is 3.15 bits per heavy atom. The molecule has 0 aromatic carbocycles. The first-order valence-electron chi connectivity index (χ1n) is 4.45. The van der Waals surface area contributed by atoms with Crippen LogP contribution in [0.3, 0.4) is 0 Å². The van der Waals surface area contributed by atoms with E-state index in [9.17, 15) is 4.79 Å². The predicted molar refractivity (Wildman–Crippen MR) is 50.4 cm³/mol. The van der Waals surface area contributed by atoms with Gasteiger partial charge in [-0.3, -0.25) is 4.99 Å². The molecule has 1 rings (SSSR count). The number of ether oxygens (including phenoxy) is 1. The molecule has 1 unspecified atom stereocenters. The van der Waals surface area contributed by atoms with E-state index in [4.69, 9.17) is 4.74 Å². The first-order valence-corrected chi connectivity index (χ1v) is 4.45. The Morgan fingerprint density at radius 1 is 1.69 bits per heavy atom. The van der Waals surface area contributed by atoms with Gasteiger partial charge in [0.05, 0.1) is 6.61 Å². The van der Waals surface area contributed by atoms with E-state index in [1.807, 2.05) is 0 Å². The topological polar surface area (TPSA) is 50.7 Å². The number of carbonyl (C=O) groups excluding carboxylic acids is 1. The number of unbranched alkanes of at least 4 members (excludes halogenated alkanes) is 1. The number of carbonyl (C=O) groups is 1. The fourth-order valence-corrected chi connectivity index (χ4v) is 0.904. The summed E-state index contributed by atoms with van der Waals surface area (Å²) in [6, 6.07) is -0.415. The number of nitrogens with one attached hydrogen (secondary N) is 1. The molecule has 13 heavy (non-hydrogen) atoms. The van der Waals surface area contributed by atoms with E-state index in [0.717, 1.165) is 12.8 Å². The van der Waals surface area contributed by atoms with Gasteiger partial charge in [0.25, 0.3) is 0 Å². The summed E-state index contributed by atoms with van der Waals surface area (Å²) in [5, 5.41) is 2.84. The van der Waals surface area contributed by atoms with Crippen LogP contribution >= 0.6 is 0 Å². The lowest BCUT2D eigenvalue weighted by molar-refractivity contribution is -0.144. The third kappa shape index (κ3) is 3.27. The zero-order chi connectivity index (χ0) is 9.52. The van der Waals surface area contributed by atoms with Crippen LogP contribution in [0.2, 0.25) is 0 Å². The van der Waals surface area contributed by atoms with Crippen LogP contribution in [0.4, 0.5) is 0 Å². The van der Waals surface area contributed by atoms with Crippen LogP contribution in [0.25, 0.3) is 0 Å². The number of hydrogen-bond acceptors (Lipinski definition) is 4. The summed E-state index contributed by atoms with van der Waals surface area (Å²) in [5.41, 5.74) is 0. The van der Waals surface area contributed by atoms with Gasteiger partial charge < -0.3 is 10.1 Å². The molecule has 0 fully saturated rings. The molecular weight excluding hydrogens is 168 g/mol. The van der Waals surface area contributed by atoms with Crippen LogP contribution in [0.1, 0.15) is 19.8 Å². The standard InChI is InChI=1S/C9H14N2O2/c1-2-3-6-13-9(12)8-7-10-4-5-11-8/h4-5,7-8,11H,2-3,6H2,1H3. The van der Waals surface area contributed by atoms with Crippen molar-refractivity contribution >= 4 is 12.2 Å². The smallest absolute Gasteiger partial charge is 0.334 e. The zero-order valence-electron chi connectivity index (χ0n) is 7.69. The summed E-state index contributed by atoms with van der Waals surface area (Å²) < 4.78 is 5.00. The molecule has 1 aliphatic rings. The maximum Gasteiger partial charge on any atom is 0.334 e. The predicted octanol–water partition coefficient (Wildman–Crippen LogP) is 0.843. The molecular formula is C9H14N2O2. The normalized spacial score (nSPS) is 19.6. The number of rotatable bonds is 4. The van der Waals surface area contributed by atoms with E-state index in [-0.39, 0.29) is 5.97 Å². The van der Waals surface area contributed by atoms with Gasteiger partial charge in [-0.05, 0) is 6.42 Å².